The van der Waals surface area contributed by atoms with E-state index < -0.39 is 8.07 Å². The van der Waals surface area contributed by atoms with Crippen LogP contribution < -0.4 is 5.19 Å². The molecule has 0 bridgehead atoms. The van der Waals surface area contributed by atoms with Gasteiger partial charge in [-0.1, -0.05) is 62.5 Å². The summed E-state index contributed by atoms with van der Waals surface area (Å²) in [6.07, 6.45) is 1.85. The maximum absolute atomic E-state index is 8.73. The van der Waals surface area contributed by atoms with Gasteiger partial charge in [0.25, 0.3) is 0 Å². The Kier molecular flexibility index (Phi) is 4.96. The number of hydrogen-bond donors (Lipinski definition) is 0. The van der Waals surface area contributed by atoms with Crippen molar-refractivity contribution in [2.24, 2.45) is 5.92 Å². The van der Waals surface area contributed by atoms with Gasteiger partial charge in [0.05, 0.1) is 14.1 Å². The number of hydrogen-bond acceptors (Lipinski definition) is 1. The molecule has 0 aliphatic heterocycles. The monoisotopic (exact) mass is 245 g/mol. The van der Waals surface area contributed by atoms with Gasteiger partial charge in [0.15, 0.2) is 0 Å². The third-order valence-electron chi connectivity index (χ3n) is 3.95. The SMILES string of the molecule is C[C@@H](CC#N)C[C@H](C)[Si](C)(C)c1ccccc1. The van der Waals surface area contributed by atoms with E-state index in [9.17, 15) is 0 Å². The Morgan fingerprint density at radius 2 is 1.76 bits per heavy atom. The number of benzene rings is 1. The Bertz CT molecular complexity index is 378. The van der Waals surface area contributed by atoms with Crippen LogP contribution in [0.4, 0.5) is 0 Å². The summed E-state index contributed by atoms with van der Waals surface area (Å²) in [7, 11) is -1.38. The molecule has 0 spiro atoms. The molecule has 0 N–H and O–H groups in total. The van der Waals surface area contributed by atoms with Crippen molar-refractivity contribution in [3.8, 4) is 6.07 Å². The van der Waals surface area contributed by atoms with E-state index >= 15 is 0 Å². The molecule has 1 rings (SSSR count). The van der Waals surface area contributed by atoms with Gasteiger partial charge < -0.3 is 0 Å². The zero-order valence-electron chi connectivity index (χ0n) is 11.4. The summed E-state index contributed by atoms with van der Waals surface area (Å²) < 4.78 is 0. The lowest BCUT2D eigenvalue weighted by molar-refractivity contribution is 0.530. The topological polar surface area (TPSA) is 23.8 Å². The molecule has 0 amide bonds. The lowest BCUT2D eigenvalue weighted by Crippen LogP contribution is -2.45. The van der Waals surface area contributed by atoms with E-state index in [4.69, 9.17) is 5.26 Å². The van der Waals surface area contributed by atoms with Crippen molar-refractivity contribution in [1.29, 1.82) is 5.26 Å². The van der Waals surface area contributed by atoms with E-state index in [0.717, 1.165) is 0 Å². The fourth-order valence-corrected chi connectivity index (χ4v) is 4.90. The van der Waals surface area contributed by atoms with Crippen molar-refractivity contribution >= 4 is 13.3 Å². The highest BCUT2D eigenvalue weighted by Crippen LogP contribution is 2.29. The quantitative estimate of drug-likeness (QED) is 0.721. The van der Waals surface area contributed by atoms with E-state index in [1.165, 1.54) is 11.6 Å². The molecular formula is C15H23NSi. The van der Waals surface area contributed by atoms with E-state index in [0.29, 0.717) is 17.9 Å². The molecule has 0 heterocycles. The molecule has 17 heavy (non-hydrogen) atoms. The van der Waals surface area contributed by atoms with E-state index in [-0.39, 0.29) is 0 Å². The Hall–Kier alpha value is -1.07. The molecule has 0 aliphatic rings. The molecule has 2 heteroatoms. The summed E-state index contributed by atoms with van der Waals surface area (Å²) in [4.78, 5) is 0. The normalized spacial score (nSPS) is 15.0. The second-order valence-corrected chi connectivity index (χ2v) is 10.7. The van der Waals surface area contributed by atoms with Crippen LogP contribution in [0, 0.1) is 17.2 Å². The highest BCUT2D eigenvalue weighted by molar-refractivity contribution is 6.90. The molecule has 92 valence electrons. The molecule has 0 saturated heterocycles. The fourth-order valence-electron chi connectivity index (χ4n) is 2.29. The van der Waals surface area contributed by atoms with Crippen molar-refractivity contribution in [3.05, 3.63) is 30.3 Å². The first-order valence-electron chi connectivity index (χ1n) is 6.41. The smallest absolute Gasteiger partial charge is 0.0834 e. The van der Waals surface area contributed by atoms with Crippen LogP contribution in [0.15, 0.2) is 30.3 Å². The van der Waals surface area contributed by atoms with Crippen LogP contribution in [0.2, 0.25) is 18.6 Å². The van der Waals surface area contributed by atoms with Gasteiger partial charge in [-0.05, 0) is 17.9 Å². The van der Waals surface area contributed by atoms with Crippen molar-refractivity contribution < 1.29 is 0 Å². The lowest BCUT2D eigenvalue weighted by Gasteiger charge is -2.31. The highest BCUT2D eigenvalue weighted by atomic mass is 28.3. The average molecular weight is 245 g/mol. The van der Waals surface area contributed by atoms with Crippen LogP contribution in [0.1, 0.15) is 26.7 Å². The first-order valence-corrected chi connectivity index (χ1v) is 9.48. The summed E-state index contributed by atoms with van der Waals surface area (Å²) >= 11 is 0. The third kappa shape index (κ3) is 3.71. The molecule has 0 fully saturated rings. The molecular weight excluding hydrogens is 222 g/mol. The van der Waals surface area contributed by atoms with Gasteiger partial charge in [0, 0.05) is 6.42 Å². The van der Waals surface area contributed by atoms with Gasteiger partial charge in [-0.3, -0.25) is 0 Å². The Labute approximate surface area is 106 Å². The molecule has 2 atom stereocenters. The Balaban J connectivity index is 2.74. The summed E-state index contributed by atoms with van der Waals surface area (Å²) in [5.41, 5.74) is 0.716. The van der Waals surface area contributed by atoms with Crippen LogP contribution in [0.5, 0.6) is 0 Å². The molecule has 1 nitrogen and oxygen atoms in total. The summed E-state index contributed by atoms with van der Waals surface area (Å²) in [5.74, 6) is 0.519. The molecule has 0 aliphatic carbocycles. The second-order valence-electron chi connectivity index (χ2n) is 5.69. The predicted octanol–water partition coefficient (Wildman–Crippen LogP) is 3.93. The van der Waals surface area contributed by atoms with Crippen LogP contribution >= 0.6 is 0 Å². The Morgan fingerprint density at radius 3 is 2.29 bits per heavy atom. The van der Waals surface area contributed by atoms with Crippen LogP contribution in [-0.2, 0) is 0 Å². The molecule has 1 aromatic rings. The van der Waals surface area contributed by atoms with Crippen LogP contribution in [-0.4, -0.2) is 8.07 Å². The van der Waals surface area contributed by atoms with Gasteiger partial charge >= 0.3 is 0 Å². The first kappa shape index (κ1) is 14.0. The minimum absolute atomic E-state index is 0.519. The lowest BCUT2D eigenvalue weighted by atomic mass is 10.0. The Morgan fingerprint density at radius 1 is 1.18 bits per heavy atom. The standard InChI is InChI=1S/C15H23NSi/c1-13(10-11-16)12-14(2)17(3,4)15-8-6-5-7-9-15/h5-9,13-14H,10,12H2,1-4H3/t13-,14-/m0/s1. The van der Waals surface area contributed by atoms with Crippen LogP contribution in [0.25, 0.3) is 0 Å². The van der Waals surface area contributed by atoms with E-state index in [1.54, 1.807) is 0 Å². The van der Waals surface area contributed by atoms with Crippen molar-refractivity contribution in [2.45, 2.75) is 45.3 Å². The number of rotatable bonds is 5. The average Bonchev–Trinajstić information content (AvgIpc) is 2.30. The third-order valence-corrected chi connectivity index (χ3v) is 8.47. The largest absolute Gasteiger partial charge is 0.198 e. The zero-order chi connectivity index (χ0) is 12.9. The molecule has 0 saturated carbocycles. The van der Waals surface area contributed by atoms with E-state index in [2.05, 4.69) is 63.3 Å². The summed E-state index contributed by atoms with van der Waals surface area (Å²) in [5, 5.41) is 10.3. The molecule has 0 unspecified atom stereocenters. The van der Waals surface area contributed by atoms with Gasteiger partial charge in [-0.15, -0.1) is 0 Å². The fraction of sp³-hybridized carbons (Fsp3) is 0.533. The van der Waals surface area contributed by atoms with Gasteiger partial charge in [0.1, 0.15) is 0 Å². The highest BCUT2D eigenvalue weighted by Gasteiger charge is 2.30. The first-order chi connectivity index (χ1) is 7.98. The maximum atomic E-state index is 8.73. The van der Waals surface area contributed by atoms with E-state index in [1.807, 2.05) is 0 Å². The van der Waals surface area contributed by atoms with Crippen LogP contribution in [0.3, 0.4) is 0 Å². The van der Waals surface area contributed by atoms with Crippen molar-refractivity contribution in [3.63, 3.8) is 0 Å². The second kappa shape index (κ2) is 6.02. The summed E-state index contributed by atoms with van der Waals surface area (Å²) in [6, 6.07) is 13.2. The number of nitriles is 1. The molecule has 0 radical (unpaired) electrons. The minimum Gasteiger partial charge on any atom is -0.198 e. The minimum atomic E-state index is -1.38. The van der Waals surface area contributed by atoms with Gasteiger partial charge in [0.2, 0.25) is 0 Å². The summed E-state index contributed by atoms with van der Waals surface area (Å²) in [6.45, 7) is 9.42. The zero-order valence-corrected chi connectivity index (χ0v) is 12.4. The van der Waals surface area contributed by atoms with Crippen molar-refractivity contribution in [2.75, 3.05) is 0 Å². The molecule has 1 aromatic carbocycles. The molecule has 0 aromatic heterocycles. The number of nitrogens with zero attached hydrogens (tertiary/aromatic N) is 1. The van der Waals surface area contributed by atoms with Gasteiger partial charge in [-0.25, -0.2) is 0 Å². The predicted molar refractivity (Wildman–Crippen MR) is 77.0 cm³/mol. The van der Waals surface area contributed by atoms with Crippen molar-refractivity contribution in [1.82, 2.24) is 0 Å². The van der Waals surface area contributed by atoms with Gasteiger partial charge in [-0.2, -0.15) is 5.26 Å². The maximum Gasteiger partial charge on any atom is 0.0834 e.